The summed E-state index contributed by atoms with van der Waals surface area (Å²) in [5.74, 6) is 1.07. The Morgan fingerprint density at radius 2 is 1.53 bits per heavy atom. The fourth-order valence-corrected chi connectivity index (χ4v) is 4.64. The minimum atomic E-state index is -3.55. The highest BCUT2D eigenvalue weighted by molar-refractivity contribution is 7.92. The monoisotopic (exact) mass is 548 g/mol. The van der Waals surface area contributed by atoms with Crippen LogP contribution in [-0.4, -0.2) is 64.4 Å². The smallest absolute Gasteiger partial charge is 0.319 e. The third kappa shape index (κ3) is 7.91. The first-order valence-corrected chi connectivity index (χ1v) is 14.6. The van der Waals surface area contributed by atoms with Crippen LogP contribution >= 0.6 is 0 Å². The van der Waals surface area contributed by atoms with Crippen LogP contribution < -0.4 is 29.6 Å². The molecule has 1 saturated heterocycles. The molecule has 12 heteroatoms. The Kier molecular flexibility index (Phi) is 10.1. The van der Waals surface area contributed by atoms with Gasteiger partial charge >= 0.3 is 6.03 Å². The first-order chi connectivity index (χ1) is 18.1. The largest absolute Gasteiger partial charge is 0.493 e. The number of sulfonamides is 1. The zero-order valence-electron chi connectivity index (χ0n) is 22.3. The van der Waals surface area contributed by atoms with Gasteiger partial charge in [-0.3, -0.25) is 9.52 Å². The number of carbonyl (C=O) groups excluding carboxylic acids is 2. The van der Waals surface area contributed by atoms with E-state index in [-0.39, 0.29) is 18.1 Å². The molecule has 2 aromatic carbocycles. The Labute approximate surface area is 223 Å². The predicted octanol–water partition coefficient (Wildman–Crippen LogP) is 3.81. The molecule has 0 spiro atoms. The number of ether oxygens (including phenoxy) is 3. The van der Waals surface area contributed by atoms with Crippen molar-refractivity contribution in [3.05, 3.63) is 41.5 Å². The van der Waals surface area contributed by atoms with E-state index in [1.807, 2.05) is 6.92 Å². The highest BCUT2D eigenvalue weighted by Crippen LogP contribution is 2.34. The van der Waals surface area contributed by atoms with Crippen LogP contribution in [0.15, 0.2) is 30.3 Å². The summed E-state index contributed by atoms with van der Waals surface area (Å²) in [5, 5.41) is 5.54. The van der Waals surface area contributed by atoms with Crippen molar-refractivity contribution in [2.45, 2.75) is 40.2 Å². The summed E-state index contributed by atoms with van der Waals surface area (Å²) < 4.78 is 43.0. The molecule has 0 aromatic heterocycles. The van der Waals surface area contributed by atoms with Crippen molar-refractivity contribution in [3.63, 3.8) is 0 Å². The number of anilines is 2. The van der Waals surface area contributed by atoms with Gasteiger partial charge in [-0.15, -0.1) is 0 Å². The van der Waals surface area contributed by atoms with Gasteiger partial charge in [0.25, 0.3) is 5.91 Å². The summed E-state index contributed by atoms with van der Waals surface area (Å²) in [4.78, 5) is 27.6. The van der Waals surface area contributed by atoms with Gasteiger partial charge in [0.15, 0.2) is 0 Å². The minimum Gasteiger partial charge on any atom is -0.493 e. The number of nitrogens with zero attached hydrogens (tertiary/aromatic N) is 1. The number of carbonyl (C=O) groups is 2. The molecule has 0 radical (unpaired) electrons. The number of rotatable bonds is 12. The van der Waals surface area contributed by atoms with Crippen molar-refractivity contribution in [2.75, 3.05) is 49.2 Å². The van der Waals surface area contributed by atoms with Crippen molar-refractivity contribution in [1.82, 2.24) is 10.2 Å². The quantitative estimate of drug-likeness (QED) is 0.367. The van der Waals surface area contributed by atoms with Gasteiger partial charge in [0.1, 0.15) is 17.2 Å². The van der Waals surface area contributed by atoms with Crippen molar-refractivity contribution < 1.29 is 32.2 Å². The zero-order valence-corrected chi connectivity index (χ0v) is 23.1. The number of urea groups is 1. The lowest BCUT2D eigenvalue weighted by atomic mass is 10.1. The van der Waals surface area contributed by atoms with Crippen molar-refractivity contribution >= 4 is 33.3 Å². The summed E-state index contributed by atoms with van der Waals surface area (Å²) in [6.45, 7) is 7.99. The SMILES string of the molecule is CCOc1cc(NS(C)(=O)=O)c(OCC)cc1CNC(=O)Nc1ccc(OCC)c(C(=O)N2CCCC2)c1. The molecule has 1 aliphatic heterocycles. The van der Waals surface area contributed by atoms with E-state index >= 15 is 0 Å². The molecule has 3 amide bonds. The van der Waals surface area contributed by atoms with Gasteiger partial charge in [-0.25, -0.2) is 13.2 Å². The average molecular weight is 549 g/mol. The molecule has 0 bridgehead atoms. The lowest BCUT2D eigenvalue weighted by Gasteiger charge is -2.19. The van der Waals surface area contributed by atoms with E-state index in [1.54, 1.807) is 43.0 Å². The van der Waals surface area contributed by atoms with Crippen LogP contribution in [0, 0.1) is 0 Å². The van der Waals surface area contributed by atoms with Crippen LogP contribution in [0.4, 0.5) is 16.2 Å². The fraction of sp³-hybridized carbons (Fsp3) is 0.462. The Morgan fingerprint density at radius 1 is 0.895 bits per heavy atom. The molecule has 2 aromatic rings. The second kappa shape index (κ2) is 13.2. The maximum Gasteiger partial charge on any atom is 0.319 e. The normalized spacial score (nSPS) is 13.1. The molecule has 1 heterocycles. The van der Waals surface area contributed by atoms with Crippen molar-refractivity contribution in [3.8, 4) is 17.2 Å². The first kappa shape index (κ1) is 28.9. The second-order valence-corrected chi connectivity index (χ2v) is 10.4. The van der Waals surface area contributed by atoms with Gasteiger partial charge in [-0.05, 0) is 57.9 Å². The van der Waals surface area contributed by atoms with Crippen LogP contribution in [0.1, 0.15) is 49.5 Å². The summed E-state index contributed by atoms with van der Waals surface area (Å²) in [6, 6.07) is 7.65. The van der Waals surface area contributed by atoms with Crippen LogP contribution in [-0.2, 0) is 16.6 Å². The van der Waals surface area contributed by atoms with E-state index < -0.39 is 16.1 Å². The highest BCUT2D eigenvalue weighted by atomic mass is 32.2. The summed E-state index contributed by atoms with van der Waals surface area (Å²) in [6.07, 6.45) is 2.99. The van der Waals surface area contributed by atoms with Crippen LogP contribution in [0.3, 0.4) is 0 Å². The minimum absolute atomic E-state index is 0.0803. The molecule has 1 fully saturated rings. The van der Waals surface area contributed by atoms with E-state index in [4.69, 9.17) is 14.2 Å². The van der Waals surface area contributed by atoms with Gasteiger partial charge in [0, 0.05) is 37.0 Å². The molecule has 38 heavy (non-hydrogen) atoms. The molecule has 0 saturated carbocycles. The molecule has 3 N–H and O–H groups in total. The predicted molar refractivity (Wildman–Crippen MR) is 146 cm³/mol. The van der Waals surface area contributed by atoms with Gasteiger partial charge in [-0.1, -0.05) is 0 Å². The van der Waals surface area contributed by atoms with Crippen LogP contribution in [0.5, 0.6) is 17.2 Å². The van der Waals surface area contributed by atoms with E-state index in [1.165, 1.54) is 6.07 Å². The summed E-state index contributed by atoms with van der Waals surface area (Å²) in [7, 11) is -3.55. The first-order valence-electron chi connectivity index (χ1n) is 12.7. The molecular weight excluding hydrogens is 512 g/mol. The highest BCUT2D eigenvalue weighted by Gasteiger charge is 2.23. The molecule has 0 atom stereocenters. The van der Waals surface area contributed by atoms with Crippen LogP contribution in [0.2, 0.25) is 0 Å². The molecular formula is C26H36N4O7S. The van der Waals surface area contributed by atoms with E-state index in [2.05, 4.69) is 15.4 Å². The Hall–Kier alpha value is -3.67. The zero-order chi connectivity index (χ0) is 27.7. The Bertz CT molecular complexity index is 1240. The van der Waals surface area contributed by atoms with Crippen molar-refractivity contribution in [2.24, 2.45) is 0 Å². The van der Waals surface area contributed by atoms with E-state index in [9.17, 15) is 18.0 Å². The number of likely N-dealkylation sites (tertiary alicyclic amines) is 1. The average Bonchev–Trinajstić information content (AvgIpc) is 3.40. The fourth-order valence-electron chi connectivity index (χ4n) is 4.08. The summed E-state index contributed by atoms with van der Waals surface area (Å²) in [5.41, 5.74) is 1.69. The Morgan fingerprint density at radius 3 is 2.16 bits per heavy atom. The lowest BCUT2D eigenvalue weighted by molar-refractivity contribution is 0.0788. The van der Waals surface area contributed by atoms with Gasteiger partial charge < -0.3 is 29.7 Å². The maximum absolute atomic E-state index is 13.0. The molecule has 3 rings (SSSR count). The molecule has 0 aliphatic carbocycles. The number of benzene rings is 2. The van der Waals surface area contributed by atoms with Crippen molar-refractivity contribution in [1.29, 1.82) is 0 Å². The third-order valence-electron chi connectivity index (χ3n) is 5.66. The van der Waals surface area contributed by atoms with Gasteiger partial charge in [0.2, 0.25) is 10.0 Å². The summed E-state index contributed by atoms with van der Waals surface area (Å²) >= 11 is 0. The molecule has 0 unspecified atom stereocenters. The number of amides is 3. The Balaban J connectivity index is 1.77. The second-order valence-electron chi connectivity index (χ2n) is 8.65. The van der Waals surface area contributed by atoms with E-state index in [0.717, 1.165) is 19.1 Å². The molecule has 1 aliphatic rings. The topological polar surface area (TPSA) is 135 Å². The maximum atomic E-state index is 13.0. The molecule has 208 valence electrons. The number of hydrogen-bond acceptors (Lipinski definition) is 7. The van der Waals surface area contributed by atoms with Gasteiger partial charge in [-0.2, -0.15) is 0 Å². The number of hydrogen-bond donors (Lipinski definition) is 3. The number of nitrogens with one attached hydrogen (secondary N) is 3. The standard InChI is InChI=1S/C26H36N4O7S/c1-5-35-22-11-10-19(15-20(22)25(31)30-12-8-9-13-30)28-26(32)27-17-18-14-24(37-7-3)21(29-38(4,33)34)16-23(18)36-6-2/h10-11,14-16,29H,5-9,12-13,17H2,1-4H3,(H2,27,28,32). The lowest BCUT2D eigenvalue weighted by Crippen LogP contribution is -2.30. The van der Waals surface area contributed by atoms with Crippen LogP contribution in [0.25, 0.3) is 0 Å². The molecule has 11 nitrogen and oxygen atoms in total. The van der Waals surface area contributed by atoms with Gasteiger partial charge in [0.05, 0.1) is 37.3 Å². The third-order valence-corrected chi connectivity index (χ3v) is 6.25. The van der Waals surface area contributed by atoms with E-state index in [0.29, 0.717) is 67.0 Å².